The average Bonchev–Trinajstić information content (AvgIpc) is 2.88. The first-order chi connectivity index (χ1) is 9.34. The van der Waals surface area contributed by atoms with Gasteiger partial charge < -0.3 is 5.32 Å². The van der Waals surface area contributed by atoms with Gasteiger partial charge in [0.05, 0.1) is 11.7 Å². The zero-order valence-electron chi connectivity index (χ0n) is 11.2. The Morgan fingerprint density at radius 2 is 2.05 bits per heavy atom. The number of hydrogen-bond acceptors (Lipinski definition) is 4. The van der Waals surface area contributed by atoms with E-state index in [9.17, 15) is 0 Å². The molecule has 4 heteroatoms. The number of thiophene rings is 1. The number of piperazine rings is 1. The first-order valence-corrected chi connectivity index (χ1v) is 7.58. The molecule has 1 aliphatic rings. The van der Waals surface area contributed by atoms with E-state index in [1.54, 1.807) is 0 Å². The quantitative estimate of drug-likeness (QED) is 0.931. The topological polar surface area (TPSA) is 28.2 Å². The number of aromatic nitrogens is 1. The number of nitrogens with zero attached hydrogens (tertiary/aromatic N) is 2. The van der Waals surface area contributed by atoms with Gasteiger partial charge in [-0.25, -0.2) is 0 Å². The Kier molecular flexibility index (Phi) is 3.92. The van der Waals surface area contributed by atoms with Crippen LogP contribution in [0.15, 0.2) is 36.5 Å². The molecule has 1 unspecified atom stereocenters. The van der Waals surface area contributed by atoms with Crippen molar-refractivity contribution in [3.63, 3.8) is 0 Å². The normalized spacial score (nSPS) is 18.4. The van der Waals surface area contributed by atoms with Gasteiger partial charge in [0.15, 0.2) is 0 Å². The van der Waals surface area contributed by atoms with Gasteiger partial charge in [0.25, 0.3) is 0 Å². The minimum Gasteiger partial charge on any atom is -0.314 e. The third kappa shape index (κ3) is 2.86. The van der Waals surface area contributed by atoms with Gasteiger partial charge in [0.1, 0.15) is 0 Å². The van der Waals surface area contributed by atoms with Crippen molar-refractivity contribution in [1.29, 1.82) is 0 Å². The summed E-state index contributed by atoms with van der Waals surface area (Å²) in [6.07, 6.45) is 1.89. The fourth-order valence-corrected chi connectivity index (χ4v) is 3.62. The number of aryl methyl sites for hydroxylation is 1. The summed E-state index contributed by atoms with van der Waals surface area (Å²) >= 11 is 1.88. The highest BCUT2D eigenvalue weighted by Gasteiger charge is 2.25. The van der Waals surface area contributed by atoms with E-state index in [2.05, 4.69) is 46.4 Å². The number of rotatable bonds is 3. The van der Waals surface area contributed by atoms with Gasteiger partial charge in [-0.05, 0) is 31.2 Å². The van der Waals surface area contributed by atoms with Crippen molar-refractivity contribution >= 4 is 11.3 Å². The number of nitrogens with one attached hydrogen (secondary N) is 1. The molecule has 0 radical (unpaired) electrons. The molecule has 1 N–H and O–H groups in total. The molecule has 0 amide bonds. The first-order valence-electron chi connectivity index (χ1n) is 6.76. The van der Waals surface area contributed by atoms with Crippen molar-refractivity contribution in [2.75, 3.05) is 26.2 Å². The molecule has 0 spiro atoms. The van der Waals surface area contributed by atoms with E-state index < -0.39 is 0 Å². The summed E-state index contributed by atoms with van der Waals surface area (Å²) in [5.74, 6) is 0. The van der Waals surface area contributed by atoms with Crippen molar-refractivity contribution < 1.29 is 0 Å². The van der Waals surface area contributed by atoms with Crippen LogP contribution < -0.4 is 5.32 Å². The second kappa shape index (κ2) is 5.82. The molecule has 1 fully saturated rings. The molecule has 0 aliphatic carbocycles. The van der Waals surface area contributed by atoms with Crippen molar-refractivity contribution in [3.8, 4) is 0 Å². The van der Waals surface area contributed by atoms with Crippen LogP contribution in [0.3, 0.4) is 0 Å². The third-order valence-electron chi connectivity index (χ3n) is 3.52. The van der Waals surface area contributed by atoms with E-state index in [0.717, 1.165) is 31.9 Å². The van der Waals surface area contributed by atoms with Gasteiger partial charge in [-0.1, -0.05) is 6.07 Å². The van der Waals surface area contributed by atoms with Crippen LogP contribution in [0.5, 0.6) is 0 Å². The second-order valence-corrected chi connectivity index (χ2v) is 6.21. The smallest absolute Gasteiger partial charge is 0.0870 e. The molecule has 3 rings (SSSR count). The molecule has 1 saturated heterocycles. The van der Waals surface area contributed by atoms with E-state index >= 15 is 0 Å². The van der Waals surface area contributed by atoms with Crippen LogP contribution >= 0.6 is 11.3 Å². The molecule has 2 aromatic heterocycles. The van der Waals surface area contributed by atoms with Crippen LogP contribution in [-0.2, 0) is 0 Å². The van der Waals surface area contributed by atoms with Gasteiger partial charge in [-0.2, -0.15) is 0 Å². The maximum absolute atomic E-state index is 4.58. The highest BCUT2D eigenvalue weighted by atomic mass is 32.1. The van der Waals surface area contributed by atoms with E-state index in [0.29, 0.717) is 6.04 Å². The molecule has 0 saturated carbocycles. The molecule has 19 heavy (non-hydrogen) atoms. The third-order valence-corrected chi connectivity index (χ3v) is 4.57. The van der Waals surface area contributed by atoms with Gasteiger partial charge in [0, 0.05) is 42.1 Å². The van der Waals surface area contributed by atoms with Gasteiger partial charge in [0.2, 0.25) is 0 Å². The molecule has 0 bridgehead atoms. The largest absolute Gasteiger partial charge is 0.314 e. The lowest BCUT2D eigenvalue weighted by Crippen LogP contribution is -2.45. The predicted octanol–water partition coefficient (Wildman–Crippen LogP) is 2.45. The first kappa shape index (κ1) is 12.8. The van der Waals surface area contributed by atoms with Crippen LogP contribution in [0.2, 0.25) is 0 Å². The molecular formula is C15H19N3S. The van der Waals surface area contributed by atoms with Crippen molar-refractivity contribution in [1.82, 2.24) is 15.2 Å². The van der Waals surface area contributed by atoms with E-state index in [1.807, 2.05) is 23.6 Å². The predicted molar refractivity (Wildman–Crippen MR) is 79.6 cm³/mol. The Balaban J connectivity index is 1.95. The SMILES string of the molecule is Cc1ccc(C(c2ccccn2)N2CCNCC2)s1. The van der Waals surface area contributed by atoms with Gasteiger partial charge in [-0.15, -0.1) is 11.3 Å². The Morgan fingerprint density at radius 1 is 1.21 bits per heavy atom. The lowest BCUT2D eigenvalue weighted by atomic mass is 10.1. The summed E-state index contributed by atoms with van der Waals surface area (Å²) in [6, 6.07) is 11.0. The minimum atomic E-state index is 0.307. The standard InChI is InChI=1S/C15H19N3S/c1-12-5-6-14(19-12)15(13-4-2-3-7-17-13)18-10-8-16-9-11-18/h2-7,15-16H,8-11H2,1H3. The molecular weight excluding hydrogens is 254 g/mol. The number of pyridine rings is 1. The Hall–Kier alpha value is -1.23. The van der Waals surface area contributed by atoms with E-state index in [-0.39, 0.29) is 0 Å². The molecule has 1 aliphatic heterocycles. The van der Waals surface area contributed by atoms with Gasteiger partial charge >= 0.3 is 0 Å². The molecule has 1 atom stereocenters. The van der Waals surface area contributed by atoms with Crippen LogP contribution in [0.25, 0.3) is 0 Å². The fourth-order valence-electron chi connectivity index (χ4n) is 2.59. The monoisotopic (exact) mass is 273 g/mol. The summed E-state index contributed by atoms with van der Waals surface area (Å²) in [5.41, 5.74) is 1.16. The Morgan fingerprint density at radius 3 is 2.68 bits per heavy atom. The van der Waals surface area contributed by atoms with Crippen LogP contribution in [0, 0.1) is 6.92 Å². The zero-order chi connectivity index (χ0) is 13.1. The fraction of sp³-hybridized carbons (Fsp3) is 0.400. The Labute approximate surface area is 118 Å². The maximum Gasteiger partial charge on any atom is 0.0870 e. The summed E-state index contributed by atoms with van der Waals surface area (Å²) in [5, 5.41) is 3.42. The summed E-state index contributed by atoms with van der Waals surface area (Å²) in [4.78, 5) is 9.88. The van der Waals surface area contributed by atoms with Crippen LogP contribution in [-0.4, -0.2) is 36.1 Å². The van der Waals surface area contributed by atoms with Crippen molar-refractivity contribution in [3.05, 3.63) is 52.0 Å². The molecule has 2 aromatic rings. The molecule has 0 aromatic carbocycles. The Bertz CT molecular complexity index is 517. The molecule has 3 nitrogen and oxygen atoms in total. The highest BCUT2D eigenvalue weighted by molar-refractivity contribution is 7.12. The van der Waals surface area contributed by atoms with Crippen molar-refractivity contribution in [2.24, 2.45) is 0 Å². The van der Waals surface area contributed by atoms with Crippen LogP contribution in [0.1, 0.15) is 21.5 Å². The summed E-state index contributed by atoms with van der Waals surface area (Å²) in [7, 11) is 0. The molecule has 100 valence electrons. The van der Waals surface area contributed by atoms with Crippen molar-refractivity contribution in [2.45, 2.75) is 13.0 Å². The molecule has 3 heterocycles. The number of hydrogen-bond donors (Lipinski definition) is 1. The lowest BCUT2D eigenvalue weighted by Gasteiger charge is -2.34. The lowest BCUT2D eigenvalue weighted by molar-refractivity contribution is 0.198. The van der Waals surface area contributed by atoms with Gasteiger partial charge in [-0.3, -0.25) is 9.88 Å². The van der Waals surface area contributed by atoms with E-state index in [4.69, 9.17) is 0 Å². The van der Waals surface area contributed by atoms with E-state index in [1.165, 1.54) is 9.75 Å². The second-order valence-electron chi connectivity index (χ2n) is 4.89. The summed E-state index contributed by atoms with van der Waals surface area (Å²) in [6.45, 7) is 6.46. The maximum atomic E-state index is 4.58. The minimum absolute atomic E-state index is 0.307. The average molecular weight is 273 g/mol. The zero-order valence-corrected chi connectivity index (χ0v) is 12.0. The summed E-state index contributed by atoms with van der Waals surface area (Å²) < 4.78 is 0. The van der Waals surface area contributed by atoms with Crippen LogP contribution in [0.4, 0.5) is 0 Å². The highest BCUT2D eigenvalue weighted by Crippen LogP contribution is 2.32.